The van der Waals surface area contributed by atoms with Crippen molar-refractivity contribution < 1.29 is 9.30 Å². The van der Waals surface area contributed by atoms with Crippen molar-refractivity contribution in [1.29, 1.82) is 0 Å². The van der Waals surface area contributed by atoms with E-state index in [4.69, 9.17) is 9.72 Å². The van der Waals surface area contributed by atoms with Crippen LogP contribution in [0.15, 0.2) is 158 Å². The molecule has 0 saturated heterocycles. The number of imidazole rings is 1. The Morgan fingerprint density at radius 3 is 1.61 bits per heavy atom. The third-order valence-electron chi connectivity index (χ3n) is 14.8. The molecule has 364 valence electrons. The predicted molar refractivity (Wildman–Crippen MR) is 297 cm³/mol. The van der Waals surface area contributed by atoms with Gasteiger partial charge >= 0.3 is 0 Å². The molecule has 0 amide bonds. The van der Waals surface area contributed by atoms with Crippen LogP contribution in [-0.2, 0) is 32.5 Å². The van der Waals surface area contributed by atoms with Crippen LogP contribution in [0.1, 0.15) is 155 Å². The van der Waals surface area contributed by atoms with Crippen molar-refractivity contribution in [2.75, 3.05) is 0 Å². The van der Waals surface area contributed by atoms with Gasteiger partial charge in [0.15, 0.2) is 0 Å². The molecule has 3 heterocycles. The molecule has 0 aliphatic carbocycles. The minimum absolute atomic E-state index is 0.0366. The summed E-state index contributed by atoms with van der Waals surface area (Å²) in [6, 6.07) is 53.2. The third-order valence-corrected chi connectivity index (χ3v) is 14.8. The highest BCUT2D eigenvalue weighted by Gasteiger charge is 2.31. The van der Waals surface area contributed by atoms with Crippen LogP contribution in [0, 0.1) is 6.33 Å². The lowest BCUT2D eigenvalue weighted by atomic mass is 9.78. The standard InChI is InChI=1S/C66H74N4O/c1-61(2,3)46-31-32-67-60(39-46)70-57-30-27-47(65(13,14)44-23-19-17-20-24-44)38-56(57)55-29-28-53(41-58(55)70)71-54-37-50(64(10,11)12)36-52(40-54)69-43-68(42-59(69)66(15,16)45-25-21-18-22-26-45)51-34-48(62(4,5)6)33-49(35-51)63(7,8)9/h17-42H,1-16H3. The molecule has 0 unspecified atom stereocenters. The van der Waals surface area contributed by atoms with Crippen molar-refractivity contribution in [3.8, 4) is 28.7 Å². The molecule has 0 atom stereocenters. The minimum atomic E-state index is -0.386. The SMILES string of the molecule is CC(C)(C)c1cc(Oc2ccc3c4cc(C(C)(C)c5ccccc5)ccc4n(-c4cc(C(C)(C)C)ccn4)c3c2)cc(-n2[c-][n+](-c3cc(C(C)(C)C)cc(C(C)(C)C)c3)cc2C(C)(C)c2ccccc2)c1. The smallest absolute Gasteiger partial charge is 0.269 e. The van der Waals surface area contributed by atoms with E-state index in [-0.39, 0.29) is 32.5 Å². The summed E-state index contributed by atoms with van der Waals surface area (Å²) in [5.74, 6) is 2.39. The number of nitrogens with zero attached hydrogens (tertiary/aromatic N) is 4. The lowest BCUT2D eigenvalue weighted by Crippen LogP contribution is -2.30. The van der Waals surface area contributed by atoms with Crippen molar-refractivity contribution >= 4 is 21.8 Å². The van der Waals surface area contributed by atoms with Crippen LogP contribution in [0.4, 0.5) is 0 Å². The molecule has 0 saturated carbocycles. The molecule has 5 nitrogen and oxygen atoms in total. The van der Waals surface area contributed by atoms with E-state index in [0.29, 0.717) is 0 Å². The Morgan fingerprint density at radius 1 is 0.437 bits per heavy atom. The fourth-order valence-corrected chi connectivity index (χ4v) is 9.83. The topological polar surface area (TPSA) is 35.9 Å². The zero-order valence-corrected chi connectivity index (χ0v) is 45.2. The van der Waals surface area contributed by atoms with E-state index in [1.54, 1.807) is 0 Å². The van der Waals surface area contributed by atoms with E-state index in [1.807, 2.05) is 6.20 Å². The van der Waals surface area contributed by atoms with E-state index < -0.39 is 0 Å². The molecular weight excluding hydrogens is 865 g/mol. The largest absolute Gasteiger partial charge is 0.458 e. The third kappa shape index (κ3) is 9.61. The lowest BCUT2D eigenvalue weighted by Gasteiger charge is -2.28. The number of ether oxygens (including phenoxy) is 1. The summed E-state index contributed by atoms with van der Waals surface area (Å²) in [7, 11) is 0. The zero-order chi connectivity index (χ0) is 51.1. The summed E-state index contributed by atoms with van der Waals surface area (Å²) >= 11 is 0. The second-order valence-corrected chi connectivity index (χ2v) is 25.0. The van der Waals surface area contributed by atoms with Gasteiger partial charge in [0.05, 0.1) is 28.1 Å². The summed E-state index contributed by atoms with van der Waals surface area (Å²) in [6.45, 7) is 36.6. The Morgan fingerprint density at radius 2 is 1.01 bits per heavy atom. The molecule has 0 fully saturated rings. The van der Waals surface area contributed by atoms with Crippen molar-refractivity contribution in [3.05, 3.63) is 209 Å². The van der Waals surface area contributed by atoms with Gasteiger partial charge in [-0.3, -0.25) is 13.7 Å². The fourth-order valence-electron chi connectivity index (χ4n) is 9.83. The first kappa shape index (κ1) is 49.3. The molecule has 0 N–H and O–H groups in total. The van der Waals surface area contributed by atoms with Crippen LogP contribution in [0.2, 0.25) is 0 Å². The highest BCUT2D eigenvalue weighted by Crippen LogP contribution is 2.42. The number of benzene rings is 6. The van der Waals surface area contributed by atoms with E-state index in [9.17, 15) is 0 Å². The van der Waals surface area contributed by atoms with Crippen LogP contribution >= 0.6 is 0 Å². The second kappa shape index (κ2) is 17.5. The molecule has 0 aliphatic heterocycles. The van der Waals surface area contributed by atoms with Gasteiger partial charge in [-0.15, -0.1) is 0 Å². The van der Waals surface area contributed by atoms with Gasteiger partial charge in [-0.25, -0.2) is 4.98 Å². The van der Waals surface area contributed by atoms with Crippen molar-refractivity contribution in [3.63, 3.8) is 0 Å². The zero-order valence-electron chi connectivity index (χ0n) is 45.2. The lowest BCUT2D eigenvalue weighted by molar-refractivity contribution is -0.599. The Balaban J connectivity index is 1.22. The van der Waals surface area contributed by atoms with E-state index in [0.717, 1.165) is 50.8 Å². The molecule has 9 aromatic rings. The van der Waals surface area contributed by atoms with Gasteiger partial charge in [0.1, 0.15) is 17.3 Å². The van der Waals surface area contributed by atoms with Crippen LogP contribution in [0.3, 0.4) is 0 Å². The maximum Gasteiger partial charge on any atom is 0.269 e. The van der Waals surface area contributed by atoms with Crippen LogP contribution in [-0.4, -0.2) is 14.1 Å². The Labute approximate surface area is 424 Å². The van der Waals surface area contributed by atoms with Gasteiger partial charge in [-0.2, -0.15) is 0 Å². The van der Waals surface area contributed by atoms with Gasteiger partial charge in [-0.05, 0) is 127 Å². The van der Waals surface area contributed by atoms with Crippen molar-refractivity contribution in [2.45, 2.75) is 143 Å². The molecule has 71 heavy (non-hydrogen) atoms. The first-order chi connectivity index (χ1) is 33.2. The summed E-state index contributed by atoms with van der Waals surface area (Å²) in [4.78, 5) is 5.03. The van der Waals surface area contributed by atoms with E-state index in [2.05, 4.69) is 283 Å². The molecule has 5 heteroatoms. The summed E-state index contributed by atoms with van der Waals surface area (Å²) in [5, 5.41) is 2.33. The number of pyridine rings is 1. The van der Waals surface area contributed by atoms with Gasteiger partial charge < -0.3 is 4.74 Å². The number of hydrogen-bond acceptors (Lipinski definition) is 2. The molecule has 0 bridgehead atoms. The quantitative estimate of drug-likeness (QED) is 0.107. The van der Waals surface area contributed by atoms with Gasteiger partial charge in [0.2, 0.25) is 0 Å². The number of fused-ring (bicyclic) bond motifs is 3. The van der Waals surface area contributed by atoms with Gasteiger partial charge in [0.25, 0.3) is 6.33 Å². The van der Waals surface area contributed by atoms with Crippen molar-refractivity contribution in [2.24, 2.45) is 0 Å². The first-order valence-electron chi connectivity index (χ1n) is 25.4. The van der Waals surface area contributed by atoms with Crippen LogP contribution in [0.25, 0.3) is 39.0 Å². The van der Waals surface area contributed by atoms with Crippen molar-refractivity contribution in [1.82, 2.24) is 14.1 Å². The monoisotopic (exact) mass is 939 g/mol. The first-order valence-corrected chi connectivity index (χ1v) is 25.4. The highest BCUT2D eigenvalue weighted by atomic mass is 16.5. The molecule has 0 radical (unpaired) electrons. The average Bonchev–Trinajstić information content (AvgIpc) is 3.91. The predicted octanol–water partition coefficient (Wildman–Crippen LogP) is 16.7. The fraction of sp³-hybridized carbons (Fsp3) is 0.333. The summed E-state index contributed by atoms with van der Waals surface area (Å²) in [5.41, 5.74) is 13.2. The van der Waals surface area contributed by atoms with Crippen LogP contribution < -0.4 is 9.30 Å². The molecule has 6 aromatic carbocycles. The maximum atomic E-state index is 7.13. The van der Waals surface area contributed by atoms with Gasteiger partial charge in [-0.1, -0.05) is 184 Å². The molecule has 3 aromatic heterocycles. The van der Waals surface area contributed by atoms with E-state index in [1.165, 1.54) is 44.3 Å². The Hall–Kier alpha value is -6.72. The molecule has 0 aliphatic rings. The molecule has 0 spiro atoms. The molecule has 9 rings (SSSR count). The summed E-state index contributed by atoms with van der Waals surface area (Å²) in [6.07, 6.45) is 8.12. The second-order valence-electron chi connectivity index (χ2n) is 25.0. The number of rotatable bonds is 9. The van der Waals surface area contributed by atoms with Crippen LogP contribution in [0.5, 0.6) is 11.5 Å². The Bertz CT molecular complexity index is 3380. The molecular formula is C66H74N4O. The number of aromatic nitrogens is 4. The normalized spacial score (nSPS) is 13.1. The van der Waals surface area contributed by atoms with E-state index >= 15 is 0 Å². The highest BCUT2D eigenvalue weighted by molar-refractivity contribution is 6.10. The average molecular weight is 939 g/mol. The minimum Gasteiger partial charge on any atom is -0.458 e. The Kier molecular flexibility index (Phi) is 12.2. The maximum absolute atomic E-state index is 7.13. The summed E-state index contributed by atoms with van der Waals surface area (Å²) < 4.78 is 13.9. The van der Waals surface area contributed by atoms with Gasteiger partial charge in [0, 0.05) is 40.1 Å². The number of hydrogen-bond donors (Lipinski definition) is 0.